The smallest absolute Gasteiger partial charge is 0.259 e. The van der Waals surface area contributed by atoms with Crippen molar-refractivity contribution in [3.63, 3.8) is 0 Å². The molecule has 3 N–H and O–H groups in total. The Kier molecular flexibility index (Phi) is 6.27. The fourth-order valence-electron chi connectivity index (χ4n) is 2.72. The minimum absolute atomic E-state index is 0.161. The highest BCUT2D eigenvalue weighted by Gasteiger charge is 2.21. The van der Waals surface area contributed by atoms with Gasteiger partial charge in [0, 0.05) is 17.7 Å². The first-order chi connectivity index (χ1) is 14.2. The van der Waals surface area contributed by atoms with Gasteiger partial charge in [-0.25, -0.2) is 8.78 Å². The number of aromatic nitrogens is 1. The summed E-state index contributed by atoms with van der Waals surface area (Å²) in [5.41, 5.74) is 6.65. The minimum Gasteiger partial charge on any atom is -0.436 e. The molecule has 0 spiro atoms. The van der Waals surface area contributed by atoms with Crippen molar-refractivity contribution in [1.29, 1.82) is 5.41 Å². The van der Waals surface area contributed by atoms with Crippen LogP contribution in [0.1, 0.15) is 16.7 Å². The van der Waals surface area contributed by atoms with Crippen molar-refractivity contribution >= 4 is 5.84 Å². The summed E-state index contributed by atoms with van der Waals surface area (Å²) < 4.78 is 40.1. The number of amidine groups is 1. The first kappa shape index (κ1) is 21.2. The highest BCUT2D eigenvalue weighted by Crippen LogP contribution is 2.33. The molecular formula is C22H22F2N4O2. The van der Waals surface area contributed by atoms with Crippen LogP contribution in [0.25, 0.3) is 0 Å². The highest BCUT2D eigenvalue weighted by molar-refractivity contribution is 5.95. The Morgan fingerprint density at radius 3 is 2.17 bits per heavy atom. The summed E-state index contributed by atoms with van der Waals surface area (Å²) in [7, 11) is 3.91. The predicted molar refractivity (Wildman–Crippen MR) is 110 cm³/mol. The van der Waals surface area contributed by atoms with Gasteiger partial charge in [0.1, 0.15) is 17.3 Å². The van der Waals surface area contributed by atoms with Crippen LogP contribution in [0.3, 0.4) is 0 Å². The third-order valence-electron chi connectivity index (χ3n) is 4.23. The predicted octanol–water partition coefficient (Wildman–Crippen LogP) is 4.60. The van der Waals surface area contributed by atoms with E-state index in [1.54, 1.807) is 30.3 Å². The molecule has 30 heavy (non-hydrogen) atoms. The van der Waals surface area contributed by atoms with Crippen LogP contribution >= 0.6 is 0 Å². The van der Waals surface area contributed by atoms with Crippen molar-refractivity contribution < 1.29 is 18.3 Å². The van der Waals surface area contributed by atoms with Gasteiger partial charge in [0.2, 0.25) is 0 Å². The molecule has 0 aliphatic rings. The summed E-state index contributed by atoms with van der Waals surface area (Å²) in [6.07, 6.45) is 0. The standard InChI is InChI=1S/C22H22F2N4O2/c1-13-18(23)21(29-16-9-7-14(8-10-16)12-28(2)3)27-22(19(13)24)30-17-6-4-5-15(11-17)20(25)26/h4-11H,12H2,1-3H3,(H3,25,26). The van der Waals surface area contributed by atoms with Gasteiger partial charge < -0.3 is 20.1 Å². The van der Waals surface area contributed by atoms with Crippen LogP contribution in [0.15, 0.2) is 48.5 Å². The quantitative estimate of drug-likeness (QED) is 0.438. The number of pyridine rings is 1. The third kappa shape index (κ3) is 4.90. The van der Waals surface area contributed by atoms with Crippen molar-refractivity contribution in [2.24, 2.45) is 5.73 Å². The van der Waals surface area contributed by atoms with Crippen molar-refractivity contribution in [2.45, 2.75) is 13.5 Å². The van der Waals surface area contributed by atoms with E-state index in [1.807, 2.05) is 31.1 Å². The molecule has 2 aromatic carbocycles. The second kappa shape index (κ2) is 8.87. The molecule has 0 unspecified atom stereocenters. The number of hydrogen-bond donors (Lipinski definition) is 2. The lowest BCUT2D eigenvalue weighted by molar-refractivity contribution is 0.372. The van der Waals surface area contributed by atoms with Crippen molar-refractivity contribution in [3.8, 4) is 23.3 Å². The monoisotopic (exact) mass is 412 g/mol. The molecule has 0 fully saturated rings. The van der Waals surface area contributed by atoms with Crippen LogP contribution in [0, 0.1) is 24.0 Å². The molecule has 1 heterocycles. The van der Waals surface area contributed by atoms with E-state index >= 15 is 0 Å². The molecule has 3 rings (SSSR count). The molecule has 0 aliphatic carbocycles. The Hall–Kier alpha value is -3.52. The lowest BCUT2D eigenvalue weighted by Gasteiger charge is -2.13. The van der Waals surface area contributed by atoms with E-state index in [1.165, 1.54) is 13.0 Å². The first-order valence-electron chi connectivity index (χ1n) is 9.14. The van der Waals surface area contributed by atoms with Gasteiger partial charge in [-0.15, -0.1) is 0 Å². The molecule has 0 bridgehead atoms. The van der Waals surface area contributed by atoms with E-state index in [4.69, 9.17) is 20.6 Å². The fraction of sp³-hybridized carbons (Fsp3) is 0.182. The normalized spacial score (nSPS) is 10.9. The summed E-state index contributed by atoms with van der Waals surface area (Å²) in [6.45, 7) is 2.03. The average Bonchev–Trinajstić information content (AvgIpc) is 2.71. The number of nitrogen functional groups attached to an aromatic ring is 1. The number of nitrogens with zero attached hydrogens (tertiary/aromatic N) is 2. The number of benzene rings is 2. The van der Waals surface area contributed by atoms with Crippen molar-refractivity contribution in [3.05, 3.63) is 76.9 Å². The largest absolute Gasteiger partial charge is 0.436 e. The third-order valence-corrected chi connectivity index (χ3v) is 4.23. The van der Waals surface area contributed by atoms with Crippen LogP contribution < -0.4 is 15.2 Å². The molecule has 0 saturated carbocycles. The topological polar surface area (TPSA) is 84.5 Å². The maximum atomic E-state index is 14.6. The van der Waals surface area contributed by atoms with Crippen LogP contribution in [0.4, 0.5) is 8.78 Å². The second-order valence-electron chi connectivity index (χ2n) is 7.00. The molecule has 0 aliphatic heterocycles. The zero-order valence-electron chi connectivity index (χ0n) is 16.9. The summed E-state index contributed by atoms with van der Waals surface area (Å²) in [4.78, 5) is 5.90. The van der Waals surface area contributed by atoms with Gasteiger partial charge in [0.15, 0.2) is 11.6 Å². The number of rotatable bonds is 7. The van der Waals surface area contributed by atoms with Gasteiger partial charge in [-0.05, 0) is 50.8 Å². The number of nitrogens with one attached hydrogen (secondary N) is 1. The van der Waals surface area contributed by atoms with Crippen LogP contribution in [0.5, 0.6) is 23.3 Å². The molecule has 0 amide bonds. The number of halogens is 2. The minimum atomic E-state index is -0.936. The maximum Gasteiger partial charge on any atom is 0.259 e. The number of hydrogen-bond acceptors (Lipinski definition) is 5. The Labute approximate surface area is 173 Å². The molecule has 3 aromatic rings. The van der Waals surface area contributed by atoms with E-state index in [-0.39, 0.29) is 17.1 Å². The average molecular weight is 412 g/mol. The Bertz CT molecular complexity index is 1070. The summed E-state index contributed by atoms with van der Waals surface area (Å²) in [5, 5.41) is 7.49. The SMILES string of the molecule is Cc1c(F)c(Oc2ccc(CN(C)C)cc2)nc(Oc2cccc(C(=N)N)c2)c1F. The molecule has 0 saturated heterocycles. The zero-order valence-corrected chi connectivity index (χ0v) is 16.9. The second-order valence-corrected chi connectivity index (χ2v) is 7.00. The Morgan fingerprint density at radius 1 is 1.00 bits per heavy atom. The molecular weight excluding hydrogens is 390 g/mol. The maximum absolute atomic E-state index is 14.6. The van der Waals surface area contributed by atoms with Gasteiger partial charge >= 0.3 is 0 Å². The summed E-state index contributed by atoms with van der Waals surface area (Å²) >= 11 is 0. The van der Waals surface area contributed by atoms with Gasteiger partial charge in [-0.2, -0.15) is 4.98 Å². The Balaban J connectivity index is 1.88. The lowest BCUT2D eigenvalue weighted by atomic mass is 10.2. The van der Waals surface area contributed by atoms with E-state index in [0.29, 0.717) is 11.3 Å². The van der Waals surface area contributed by atoms with E-state index in [2.05, 4.69) is 4.98 Å². The van der Waals surface area contributed by atoms with E-state index in [0.717, 1.165) is 12.1 Å². The van der Waals surface area contributed by atoms with Crippen molar-refractivity contribution in [1.82, 2.24) is 9.88 Å². The lowest BCUT2D eigenvalue weighted by Crippen LogP contribution is -2.10. The summed E-state index contributed by atoms with van der Waals surface area (Å²) in [5.74, 6) is -2.27. The molecule has 8 heteroatoms. The molecule has 6 nitrogen and oxygen atoms in total. The Morgan fingerprint density at radius 2 is 1.60 bits per heavy atom. The summed E-state index contributed by atoms with van der Waals surface area (Å²) in [6, 6.07) is 13.3. The highest BCUT2D eigenvalue weighted by atomic mass is 19.1. The van der Waals surface area contributed by atoms with Crippen LogP contribution in [-0.4, -0.2) is 29.8 Å². The van der Waals surface area contributed by atoms with E-state index in [9.17, 15) is 8.78 Å². The fourth-order valence-corrected chi connectivity index (χ4v) is 2.72. The van der Waals surface area contributed by atoms with Gasteiger partial charge in [-0.1, -0.05) is 24.3 Å². The van der Waals surface area contributed by atoms with Gasteiger partial charge in [-0.3, -0.25) is 5.41 Å². The van der Waals surface area contributed by atoms with Crippen LogP contribution in [0.2, 0.25) is 0 Å². The number of ether oxygens (including phenoxy) is 2. The number of nitrogens with two attached hydrogens (primary N) is 1. The first-order valence-corrected chi connectivity index (χ1v) is 9.14. The van der Waals surface area contributed by atoms with E-state index < -0.39 is 23.4 Å². The molecule has 156 valence electrons. The zero-order chi connectivity index (χ0) is 21.8. The van der Waals surface area contributed by atoms with Gasteiger partial charge in [0.25, 0.3) is 11.8 Å². The molecule has 0 atom stereocenters. The van der Waals surface area contributed by atoms with Crippen LogP contribution in [-0.2, 0) is 6.54 Å². The van der Waals surface area contributed by atoms with Crippen molar-refractivity contribution in [2.75, 3.05) is 14.1 Å². The van der Waals surface area contributed by atoms with Gasteiger partial charge in [0.05, 0.1) is 0 Å². The molecule has 1 aromatic heterocycles. The molecule has 0 radical (unpaired) electrons.